The molecule has 1 heterocycles. The first-order valence-corrected chi connectivity index (χ1v) is 8.15. The second-order valence-electron chi connectivity index (χ2n) is 5.89. The van der Waals surface area contributed by atoms with Crippen LogP contribution in [0.1, 0.15) is 23.0 Å². The molecule has 2 aromatic carbocycles. The molecule has 1 atom stereocenters. The van der Waals surface area contributed by atoms with E-state index in [2.05, 4.69) is 4.98 Å². The number of carbonyl (C=O) groups is 2. The van der Waals surface area contributed by atoms with E-state index in [1.54, 1.807) is 13.0 Å². The summed E-state index contributed by atoms with van der Waals surface area (Å²) in [5.41, 5.74) is 2.05. The van der Waals surface area contributed by atoms with E-state index in [0.29, 0.717) is 11.3 Å². The van der Waals surface area contributed by atoms with Crippen molar-refractivity contribution in [2.24, 2.45) is 0 Å². The Balaban J connectivity index is 1.66. The summed E-state index contributed by atoms with van der Waals surface area (Å²) in [5, 5.41) is 0.778. The van der Waals surface area contributed by atoms with Gasteiger partial charge >= 0.3 is 5.97 Å². The largest absolute Gasteiger partial charge is 0.479 e. The van der Waals surface area contributed by atoms with Crippen LogP contribution in [0, 0.1) is 12.7 Å². The Bertz CT molecular complexity index is 963. The summed E-state index contributed by atoms with van der Waals surface area (Å²) in [6.07, 6.45) is -0.982. The molecule has 0 saturated carbocycles. The summed E-state index contributed by atoms with van der Waals surface area (Å²) in [6.45, 7) is 2.82. The Morgan fingerprint density at radius 3 is 2.58 bits per heavy atom. The normalized spacial score (nSPS) is 12.0. The number of aromatic amines is 1. The number of fused-ring (bicyclic) bond motifs is 1. The van der Waals surface area contributed by atoms with E-state index in [1.165, 1.54) is 25.1 Å². The molecule has 0 saturated heterocycles. The number of ether oxygens (including phenoxy) is 2. The molecule has 0 radical (unpaired) electrons. The highest BCUT2D eigenvalue weighted by atomic mass is 19.1. The van der Waals surface area contributed by atoms with Crippen LogP contribution >= 0.6 is 0 Å². The third kappa shape index (κ3) is 3.59. The van der Waals surface area contributed by atoms with Crippen molar-refractivity contribution in [1.82, 2.24) is 4.98 Å². The number of para-hydroxylation sites is 2. The van der Waals surface area contributed by atoms with Crippen molar-refractivity contribution in [1.29, 1.82) is 0 Å². The van der Waals surface area contributed by atoms with Crippen molar-refractivity contribution < 1.29 is 23.5 Å². The molecule has 3 aromatic rings. The van der Waals surface area contributed by atoms with Gasteiger partial charge < -0.3 is 14.5 Å². The summed E-state index contributed by atoms with van der Waals surface area (Å²) < 4.78 is 23.7. The molecule has 0 bridgehead atoms. The van der Waals surface area contributed by atoms with Gasteiger partial charge in [-0.15, -0.1) is 0 Å². The fourth-order valence-corrected chi connectivity index (χ4v) is 2.78. The van der Waals surface area contributed by atoms with Gasteiger partial charge in [-0.25, -0.2) is 9.18 Å². The van der Waals surface area contributed by atoms with Crippen LogP contribution in [0.15, 0.2) is 48.5 Å². The monoisotopic (exact) mass is 355 g/mol. The predicted molar refractivity (Wildman–Crippen MR) is 94.8 cm³/mol. The van der Waals surface area contributed by atoms with Gasteiger partial charge in [0.2, 0.25) is 5.78 Å². The van der Waals surface area contributed by atoms with E-state index in [1.807, 2.05) is 24.3 Å². The van der Waals surface area contributed by atoms with Crippen molar-refractivity contribution >= 4 is 22.7 Å². The smallest absolute Gasteiger partial charge is 0.344 e. The summed E-state index contributed by atoms with van der Waals surface area (Å²) in [6, 6.07) is 13.2. The number of Topliss-reactive ketones (excluding diaryl/α,β-unsaturated/α-hetero) is 1. The summed E-state index contributed by atoms with van der Waals surface area (Å²) in [4.78, 5) is 27.8. The van der Waals surface area contributed by atoms with Crippen LogP contribution in [0.2, 0.25) is 0 Å². The molecule has 0 aliphatic rings. The highest BCUT2D eigenvalue weighted by Crippen LogP contribution is 2.24. The van der Waals surface area contributed by atoms with Gasteiger partial charge in [-0.3, -0.25) is 4.79 Å². The lowest BCUT2D eigenvalue weighted by atomic mass is 10.0. The molecule has 1 N–H and O–H groups in total. The second kappa shape index (κ2) is 7.39. The Morgan fingerprint density at radius 2 is 1.81 bits per heavy atom. The van der Waals surface area contributed by atoms with Crippen molar-refractivity contribution in [3.63, 3.8) is 0 Å². The third-order valence-electron chi connectivity index (χ3n) is 4.00. The molecule has 0 amide bonds. The van der Waals surface area contributed by atoms with Crippen LogP contribution in [-0.2, 0) is 9.53 Å². The third-order valence-corrected chi connectivity index (χ3v) is 4.00. The first kappa shape index (κ1) is 17.7. The van der Waals surface area contributed by atoms with E-state index in [-0.39, 0.29) is 11.5 Å². The fraction of sp³-hybridized carbons (Fsp3) is 0.200. The van der Waals surface area contributed by atoms with Crippen LogP contribution in [0.5, 0.6) is 5.75 Å². The fourth-order valence-electron chi connectivity index (χ4n) is 2.78. The van der Waals surface area contributed by atoms with Crippen LogP contribution in [0.25, 0.3) is 10.9 Å². The number of hydrogen-bond donors (Lipinski definition) is 1. The highest BCUT2D eigenvalue weighted by molar-refractivity contribution is 6.11. The Labute approximate surface area is 149 Å². The van der Waals surface area contributed by atoms with Crippen LogP contribution in [-0.4, -0.2) is 29.4 Å². The van der Waals surface area contributed by atoms with Gasteiger partial charge in [0.1, 0.15) is 0 Å². The molecule has 6 heteroatoms. The Kier molecular flexibility index (Phi) is 5.02. The van der Waals surface area contributed by atoms with E-state index in [9.17, 15) is 14.0 Å². The number of carbonyl (C=O) groups excluding carboxylic acids is 2. The Hall–Kier alpha value is -3.15. The molecule has 0 spiro atoms. The average molecular weight is 355 g/mol. The van der Waals surface area contributed by atoms with E-state index < -0.39 is 24.5 Å². The van der Waals surface area contributed by atoms with Gasteiger partial charge in [-0.05, 0) is 32.0 Å². The number of H-pyrrole nitrogens is 1. The van der Waals surface area contributed by atoms with Gasteiger partial charge in [0, 0.05) is 22.2 Å². The van der Waals surface area contributed by atoms with Gasteiger partial charge in [0.15, 0.2) is 24.3 Å². The number of aromatic nitrogens is 1. The lowest BCUT2D eigenvalue weighted by Gasteiger charge is -2.13. The minimum absolute atomic E-state index is 0.0455. The lowest BCUT2D eigenvalue weighted by Crippen LogP contribution is -2.27. The second-order valence-corrected chi connectivity index (χ2v) is 5.89. The SMILES string of the molecule is Cc1[nH]c2ccccc2c1C(=O)[C@@H](C)OC(=O)COc1ccccc1F. The minimum Gasteiger partial charge on any atom is -0.479 e. The van der Waals surface area contributed by atoms with E-state index in [0.717, 1.165) is 10.9 Å². The number of nitrogens with one attached hydrogen (secondary N) is 1. The number of ketones is 1. The minimum atomic E-state index is -0.982. The van der Waals surface area contributed by atoms with E-state index in [4.69, 9.17) is 9.47 Å². The molecule has 0 aliphatic heterocycles. The number of aryl methyl sites for hydroxylation is 1. The first-order chi connectivity index (χ1) is 12.5. The maximum Gasteiger partial charge on any atom is 0.344 e. The number of esters is 1. The number of hydrogen-bond acceptors (Lipinski definition) is 4. The molecule has 0 fully saturated rings. The zero-order chi connectivity index (χ0) is 18.7. The average Bonchev–Trinajstić information content (AvgIpc) is 2.96. The Morgan fingerprint density at radius 1 is 1.12 bits per heavy atom. The molecule has 5 nitrogen and oxygen atoms in total. The van der Waals surface area contributed by atoms with Crippen LogP contribution < -0.4 is 4.74 Å². The predicted octanol–water partition coefficient (Wildman–Crippen LogP) is 3.81. The zero-order valence-corrected chi connectivity index (χ0v) is 14.4. The number of benzene rings is 2. The first-order valence-electron chi connectivity index (χ1n) is 8.15. The molecule has 26 heavy (non-hydrogen) atoms. The summed E-state index contributed by atoms with van der Waals surface area (Å²) >= 11 is 0. The van der Waals surface area contributed by atoms with Crippen molar-refractivity contribution in [2.45, 2.75) is 20.0 Å². The molecule has 3 rings (SSSR count). The summed E-state index contributed by atoms with van der Waals surface area (Å²) in [7, 11) is 0. The highest BCUT2D eigenvalue weighted by Gasteiger charge is 2.24. The van der Waals surface area contributed by atoms with Crippen molar-refractivity contribution in [3.05, 3.63) is 65.6 Å². The van der Waals surface area contributed by atoms with Gasteiger partial charge in [-0.1, -0.05) is 30.3 Å². The standard InChI is InChI=1S/C20H18FNO4/c1-12-19(14-7-3-5-9-16(14)22-12)20(24)13(2)26-18(23)11-25-17-10-6-4-8-15(17)21/h3-10,13,22H,11H2,1-2H3/t13-/m1/s1. The van der Waals surface area contributed by atoms with Crippen molar-refractivity contribution in [3.8, 4) is 5.75 Å². The maximum atomic E-state index is 13.5. The van der Waals surface area contributed by atoms with Gasteiger partial charge in [-0.2, -0.15) is 0 Å². The quantitative estimate of drug-likeness (QED) is 0.539. The molecule has 0 unspecified atom stereocenters. The van der Waals surface area contributed by atoms with Gasteiger partial charge in [0.25, 0.3) is 0 Å². The topological polar surface area (TPSA) is 68.4 Å². The molecule has 1 aromatic heterocycles. The van der Waals surface area contributed by atoms with Crippen molar-refractivity contribution in [2.75, 3.05) is 6.61 Å². The molecular formula is C20H18FNO4. The zero-order valence-electron chi connectivity index (χ0n) is 14.4. The number of rotatable bonds is 6. The van der Waals surface area contributed by atoms with Gasteiger partial charge in [0.05, 0.1) is 0 Å². The maximum absolute atomic E-state index is 13.5. The molecule has 134 valence electrons. The lowest BCUT2D eigenvalue weighted by molar-refractivity contribution is -0.148. The molecular weight excluding hydrogens is 337 g/mol. The van der Waals surface area contributed by atoms with Crippen LogP contribution in [0.4, 0.5) is 4.39 Å². The summed E-state index contributed by atoms with van der Waals surface area (Å²) in [5.74, 6) is -1.67. The van der Waals surface area contributed by atoms with Crippen LogP contribution in [0.3, 0.4) is 0 Å². The number of halogens is 1. The van der Waals surface area contributed by atoms with E-state index >= 15 is 0 Å². The molecule has 0 aliphatic carbocycles.